The molecule has 0 radical (unpaired) electrons. The van der Waals surface area contributed by atoms with Gasteiger partial charge in [-0.1, -0.05) is 57.3 Å². The van der Waals surface area contributed by atoms with Gasteiger partial charge in [-0.2, -0.15) is 0 Å². The van der Waals surface area contributed by atoms with Gasteiger partial charge in [-0.25, -0.2) is 0 Å². The third-order valence-electron chi connectivity index (χ3n) is 20.5. The molecule has 9 aliphatic carbocycles. The quantitative estimate of drug-likeness (QED) is 0.0986. The number of nitrogens with two attached hydrogens (primary N) is 1. The summed E-state index contributed by atoms with van der Waals surface area (Å²) in [4.78, 5) is 16.2. The number of rotatable bonds is 11. The lowest BCUT2D eigenvalue weighted by Crippen LogP contribution is -2.72. The molecule has 1 saturated heterocycles. The fourth-order valence-corrected chi connectivity index (χ4v) is 17.6. The molecule has 0 aromatic carbocycles. The molecule has 19 atom stereocenters. The molecule has 11 aliphatic rings. The predicted octanol–water partition coefficient (Wildman–Crippen LogP) is 4.94. The second-order valence-electron chi connectivity index (χ2n) is 23.8. The first-order chi connectivity index (χ1) is 32.0. The minimum Gasteiger partial charge on any atom is -0.396 e. The van der Waals surface area contributed by atoms with Crippen LogP contribution in [0.3, 0.4) is 0 Å². The number of dihydropyridines is 1. The van der Waals surface area contributed by atoms with Gasteiger partial charge in [0.25, 0.3) is 0 Å². The van der Waals surface area contributed by atoms with Crippen LogP contribution in [0.1, 0.15) is 149 Å². The second-order valence-corrected chi connectivity index (χ2v) is 23.8. The van der Waals surface area contributed by atoms with E-state index < -0.39 is 75.5 Å². The van der Waals surface area contributed by atoms with Gasteiger partial charge < -0.3 is 56.8 Å². The van der Waals surface area contributed by atoms with Crippen LogP contribution in [0.5, 0.6) is 0 Å². The van der Waals surface area contributed by atoms with Crippen molar-refractivity contribution in [1.82, 2.24) is 10.6 Å². The molecule has 2 aliphatic heterocycles. The van der Waals surface area contributed by atoms with Crippen molar-refractivity contribution in [2.24, 2.45) is 63.4 Å². The first-order valence-corrected chi connectivity index (χ1v) is 26.6. The highest BCUT2D eigenvalue weighted by atomic mass is 16.5. The number of ether oxygens (including phenoxy) is 1. The first kappa shape index (κ1) is 48.1. The Morgan fingerprint density at radius 2 is 1.73 bits per heavy atom. The fraction of sp³-hybridized carbons (Fsp3) is 0.800. The molecular formula is C55H81N3O9. The van der Waals surface area contributed by atoms with Crippen LogP contribution < -0.4 is 16.4 Å². The largest absolute Gasteiger partial charge is 0.396 e. The van der Waals surface area contributed by atoms with Crippen LogP contribution in [0, 0.1) is 69.5 Å². The number of hydrogen-bond acceptors (Lipinski definition) is 12. The number of nitrogens with one attached hydrogen (secondary N) is 2. The predicted molar refractivity (Wildman–Crippen MR) is 254 cm³/mol. The molecule has 11 N–H and O–H groups in total. The Morgan fingerprint density at radius 3 is 2.51 bits per heavy atom. The van der Waals surface area contributed by atoms with Crippen molar-refractivity contribution in [1.29, 1.82) is 0 Å². The third kappa shape index (κ3) is 7.11. The summed E-state index contributed by atoms with van der Waals surface area (Å²) in [6.45, 7) is 5.82. The van der Waals surface area contributed by atoms with E-state index in [4.69, 9.17) is 10.5 Å². The monoisotopic (exact) mass is 928 g/mol. The maximum absolute atomic E-state index is 16.2. The highest BCUT2D eigenvalue weighted by molar-refractivity contribution is 6.03. The number of allylic oxidation sites excluding steroid dienone is 6. The summed E-state index contributed by atoms with van der Waals surface area (Å²) in [6.07, 6.45) is 17.3. The number of carbonyl (C=O) groups is 1. The minimum atomic E-state index is -1.72. The smallest absolute Gasteiger partial charge is 0.186 e. The van der Waals surface area contributed by atoms with Crippen molar-refractivity contribution < 1.29 is 45.3 Å². The van der Waals surface area contributed by atoms with E-state index >= 15 is 4.79 Å². The van der Waals surface area contributed by atoms with Crippen molar-refractivity contribution in [2.45, 2.75) is 203 Å². The molecule has 0 aromatic rings. The zero-order valence-electron chi connectivity index (χ0n) is 40.4. The molecule has 3 spiro atoms. The van der Waals surface area contributed by atoms with Gasteiger partial charge in [-0.15, -0.1) is 11.8 Å². The van der Waals surface area contributed by atoms with Gasteiger partial charge in [0.1, 0.15) is 5.60 Å². The van der Waals surface area contributed by atoms with Crippen LogP contribution in [-0.4, -0.2) is 108 Å². The van der Waals surface area contributed by atoms with E-state index in [0.29, 0.717) is 55.9 Å². The van der Waals surface area contributed by atoms with Crippen LogP contribution in [0.2, 0.25) is 0 Å². The summed E-state index contributed by atoms with van der Waals surface area (Å²) < 4.78 is 7.16. The Bertz CT molecular complexity index is 2120. The summed E-state index contributed by atoms with van der Waals surface area (Å²) in [5.41, 5.74) is 0.854. The van der Waals surface area contributed by atoms with Crippen molar-refractivity contribution in [3.05, 3.63) is 46.8 Å². The van der Waals surface area contributed by atoms with E-state index in [2.05, 4.69) is 47.6 Å². The van der Waals surface area contributed by atoms with Crippen molar-refractivity contribution >= 4 is 5.78 Å². The van der Waals surface area contributed by atoms with E-state index in [-0.39, 0.29) is 80.6 Å². The van der Waals surface area contributed by atoms with Gasteiger partial charge in [0.05, 0.1) is 59.0 Å². The maximum atomic E-state index is 16.2. The topological polar surface area (TPSA) is 218 Å². The Hall–Kier alpha value is -2.57. The number of hydrogen-bond donors (Lipinski definition) is 10. The number of fused-ring (bicyclic) bond motifs is 6. The van der Waals surface area contributed by atoms with Gasteiger partial charge in [0.15, 0.2) is 5.78 Å². The first-order valence-electron chi connectivity index (χ1n) is 26.6. The van der Waals surface area contributed by atoms with Crippen LogP contribution >= 0.6 is 0 Å². The lowest BCUT2D eigenvalue weighted by atomic mass is 9.36. The number of carbonyl (C=O) groups excluding carboxylic acids is 1. The molecule has 12 heteroatoms. The Balaban J connectivity index is 1.14. The highest BCUT2D eigenvalue weighted by Gasteiger charge is 2.79. The fourth-order valence-electron chi connectivity index (χ4n) is 17.6. The zero-order chi connectivity index (χ0) is 47.3. The van der Waals surface area contributed by atoms with Gasteiger partial charge in [-0.3, -0.25) is 4.79 Å². The molecule has 11 rings (SSSR count). The Morgan fingerprint density at radius 1 is 0.955 bits per heavy atom. The maximum Gasteiger partial charge on any atom is 0.186 e. The molecule has 6 fully saturated rings. The SMILES string of the molecule is CCCC1CCC2OC3C(CCCCC3(O)C(C)(O)C3CCC4(O)C5=C(NCC(C)O)C(=O)C67CC#CCC34CC3C=CC(C4=C(CCCO)NC(N)C=C4)CC6(CC(O)C(O)C7)C53)C2CC1. The molecule has 19 unspecified atom stereocenters. The van der Waals surface area contributed by atoms with E-state index in [1.807, 2.05) is 13.0 Å². The lowest BCUT2D eigenvalue weighted by Gasteiger charge is -2.68. The van der Waals surface area contributed by atoms with Crippen LogP contribution in [0.4, 0.5) is 0 Å². The van der Waals surface area contributed by atoms with E-state index in [0.717, 1.165) is 49.8 Å². The molecule has 12 nitrogen and oxygen atoms in total. The molecule has 2 heterocycles. The molecule has 67 heavy (non-hydrogen) atoms. The lowest BCUT2D eigenvalue weighted by molar-refractivity contribution is -0.257. The average molecular weight is 928 g/mol. The minimum absolute atomic E-state index is 0.00210. The summed E-state index contributed by atoms with van der Waals surface area (Å²) in [5.74, 6) is 6.28. The van der Waals surface area contributed by atoms with Gasteiger partial charge >= 0.3 is 0 Å². The van der Waals surface area contributed by atoms with E-state index in [1.54, 1.807) is 6.92 Å². The molecule has 6 bridgehead atoms. The number of Topliss-reactive ketones (excluding diaryl/α,β-unsaturated/α-hetero) is 1. The summed E-state index contributed by atoms with van der Waals surface area (Å²) in [5, 5.41) is 93.1. The van der Waals surface area contributed by atoms with E-state index in [9.17, 15) is 35.7 Å². The van der Waals surface area contributed by atoms with Crippen molar-refractivity contribution in [3.8, 4) is 11.8 Å². The number of ketones is 1. The molecule has 0 aromatic heterocycles. The van der Waals surface area contributed by atoms with Crippen molar-refractivity contribution in [2.75, 3.05) is 13.2 Å². The average Bonchev–Trinajstić information content (AvgIpc) is 3.56. The number of aliphatic hydroxyl groups is 7. The summed E-state index contributed by atoms with van der Waals surface area (Å²) >= 11 is 0. The van der Waals surface area contributed by atoms with Gasteiger partial charge in [-0.05, 0) is 150 Å². The van der Waals surface area contributed by atoms with Gasteiger partial charge in [0, 0.05) is 48.9 Å². The molecule has 0 amide bonds. The molecular weight excluding hydrogens is 847 g/mol. The number of aliphatic hydroxyl groups excluding tert-OH is 4. The standard InChI is InChI=1S/C55H81N3O9/c1-4-10-33-13-17-37-38-11-5-6-24-55(66,49(38)67-42(37)19-14-33)50(3,64)43-21-25-54(65)46-45-35-16-15-34(36-18-20-44(56)58-39(36)12-9-26-59)27-53(45)30-41(62)40(61)29-52(53,23-8-7-22-51(43,54)28-35)48(63)47(46)57-31-32(2)60/h15-16,18,20,32-35,37-38,40-45,49,57-62,64-66H,4-6,9-14,17,19,21-31,56H2,1-3H3. The summed E-state index contributed by atoms with van der Waals surface area (Å²) in [7, 11) is 0. The van der Waals surface area contributed by atoms with Crippen molar-refractivity contribution in [3.63, 3.8) is 0 Å². The Labute approximate surface area is 398 Å². The summed E-state index contributed by atoms with van der Waals surface area (Å²) in [6, 6.07) is 0. The van der Waals surface area contributed by atoms with Crippen LogP contribution in [-0.2, 0) is 9.53 Å². The third-order valence-corrected chi connectivity index (χ3v) is 20.5. The zero-order valence-corrected chi connectivity index (χ0v) is 40.4. The molecule has 5 saturated carbocycles. The molecule has 370 valence electrons. The van der Waals surface area contributed by atoms with Gasteiger partial charge in [0.2, 0.25) is 0 Å². The highest BCUT2D eigenvalue weighted by Crippen LogP contribution is 2.77. The van der Waals surface area contributed by atoms with E-state index in [1.165, 1.54) is 19.3 Å². The normalized spacial score (nSPS) is 47.8. The van der Waals surface area contributed by atoms with Crippen LogP contribution in [0.15, 0.2) is 46.8 Å². The Kier molecular flexibility index (Phi) is 12.6. The second kappa shape index (κ2) is 17.6. The van der Waals surface area contributed by atoms with Crippen LogP contribution in [0.25, 0.3) is 0 Å².